The van der Waals surface area contributed by atoms with E-state index in [1.807, 2.05) is 24.3 Å². The molecule has 0 bridgehead atoms. The summed E-state index contributed by atoms with van der Waals surface area (Å²) < 4.78 is 13.6. The molecule has 1 heteroatoms. The van der Waals surface area contributed by atoms with Crippen LogP contribution >= 0.6 is 0 Å². The number of hydrogen-bond acceptors (Lipinski definition) is 0. The number of halogens is 1. The highest BCUT2D eigenvalue weighted by molar-refractivity contribution is 5.64. The number of benzene rings is 2. The first-order valence-electron chi connectivity index (χ1n) is 6.15. The Bertz CT molecular complexity index is 471. The maximum atomic E-state index is 13.6. The van der Waals surface area contributed by atoms with E-state index in [1.165, 1.54) is 24.5 Å². The van der Waals surface area contributed by atoms with Gasteiger partial charge in [0.15, 0.2) is 0 Å². The summed E-state index contributed by atoms with van der Waals surface area (Å²) in [6, 6.07) is 15.1. The molecule has 0 spiro atoms. The lowest BCUT2D eigenvalue weighted by Crippen LogP contribution is -1.87. The van der Waals surface area contributed by atoms with Crippen molar-refractivity contribution < 1.29 is 4.39 Å². The Kier molecular flexibility index (Phi) is 3.92. The first kappa shape index (κ1) is 11.8. The average Bonchev–Trinajstić information content (AvgIpc) is 2.38. The molecule has 0 amide bonds. The van der Waals surface area contributed by atoms with Gasteiger partial charge in [-0.1, -0.05) is 55.8 Å². The van der Waals surface area contributed by atoms with E-state index in [-0.39, 0.29) is 5.82 Å². The van der Waals surface area contributed by atoms with Crippen molar-refractivity contribution >= 4 is 0 Å². The minimum atomic E-state index is -0.159. The average molecular weight is 228 g/mol. The molecule has 2 aromatic rings. The Morgan fingerprint density at radius 3 is 2.29 bits per heavy atom. The molecule has 0 aliphatic rings. The number of hydrogen-bond donors (Lipinski definition) is 0. The monoisotopic (exact) mass is 228 g/mol. The van der Waals surface area contributed by atoms with Crippen LogP contribution in [0, 0.1) is 5.82 Å². The molecular weight excluding hydrogens is 211 g/mol. The van der Waals surface area contributed by atoms with Gasteiger partial charge < -0.3 is 0 Å². The van der Waals surface area contributed by atoms with Crippen LogP contribution in [-0.4, -0.2) is 0 Å². The minimum absolute atomic E-state index is 0.159. The molecule has 0 heterocycles. The molecular formula is C16H17F. The third-order valence-electron chi connectivity index (χ3n) is 2.96. The molecule has 2 aromatic carbocycles. The molecule has 2 rings (SSSR count). The van der Waals surface area contributed by atoms with Crippen molar-refractivity contribution in [3.8, 4) is 11.1 Å². The molecule has 0 radical (unpaired) electrons. The van der Waals surface area contributed by atoms with Gasteiger partial charge >= 0.3 is 0 Å². The van der Waals surface area contributed by atoms with Crippen LogP contribution in [0.5, 0.6) is 0 Å². The summed E-state index contributed by atoms with van der Waals surface area (Å²) in [6.07, 6.45) is 3.52. The van der Waals surface area contributed by atoms with Crippen molar-refractivity contribution in [2.24, 2.45) is 0 Å². The fraction of sp³-hybridized carbons (Fsp3) is 0.250. The maximum absolute atomic E-state index is 13.6. The predicted molar refractivity (Wildman–Crippen MR) is 70.4 cm³/mol. The van der Waals surface area contributed by atoms with Crippen LogP contribution in [0.3, 0.4) is 0 Å². The van der Waals surface area contributed by atoms with E-state index in [4.69, 9.17) is 0 Å². The van der Waals surface area contributed by atoms with Crippen LogP contribution in [0.25, 0.3) is 11.1 Å². The topological polar surface area (TPSA) is 0 Å². The number of aryl methyl sites for hydroxylation is 1. The second kappa shape index (κ2) is 5.62. The third-order valence-corrected chi connectivity index (χ3v) is 2.96. The van der Waals surface area contributed by atoms with Crippen molar-refractivity contribution in [2.75, 3.05) is 0 Å². The van der Waals surface area contributed by atoms with Gasteiger partial charge in [0.1, 0.15) is 5.82 Å². The first-order chi connectivity index (χ1) is 8.31. The van der Waals surface area contributed by atoms with Gasteiger partial charge in [-0.05, 0) is 30.0 Å². The standard InChI is InChI=1S/C16H17F/c1-2-3-6-13-9-11-14(12-10-13)15-7-4-5-8-16(15)17/h4-5,7-12H,2-3,6H2,1H3. The zero-order valence-corrected chi connectivity index (χ0v) is 10.1. The molecule has 0 atom stereocenters. The van der Waals surface area contributed by atoms with Gasteiger partial charge in [-0.25, -0.2) is 4.39 Å². The molecule has 0 aliphatic heterocycles. The van der Waals surface area contributed by atoms with E-state index in [9.17, 15) is 4.39 Å². The highest BCUT2D eigenvalue weighted by Gasteiger charge is 2.03. The van der Waals surface area contributed by atoms with Crippen molar-refractivity contribution in [1.82, 2.24) is 0 Å². The van der Waals surface area contributed by atoms with E-state index in [0.29, 0.717) is 5.56 Å². The van der Waals surface area contributed by atoms with E-state index in [1.54, 1.807) is 6.07 Å². The lowest BCUT2D eigenvalue weighted by atomic mass is 10.0. The largest absolute Gasteiger partial charge is 0.206 e. The van der Waals surface area contributed by atoms with Crippen LogP contribution in [0.2, 0.25) is 0 Å². The second-order valence-corrected chi connectivity index (χ2v) is 4.28. The smallest absolute Gasteiger partial charge is 0.131 e. The van der Waals surface area contributed by atoms with Gasteiger partial charge in [0.05, 0.1) is 0 Å². The number of rotatable bonds is 4. The van der Waals surface area contributed by atoms with Gasteiger partial charge in [-0.2, -0.15) is 0 Å². The summed E-state index contributed by atoms with van der Waals surface area (Å²) in [5.41, 5.74) is 2.95. The molecule has 17 heavy (non-hydrogen) atoms. The predicted octanol–water partition coefficient (Wildman–Crippen LogP) is 4.84. The Morgan fingerprint density at radius 2 is 1.65 bits per heavy atom. The molecule has 0 unspecified atom stereocenters. The first-order valence-corrected chi connectivity index (χ1v) is 6.15. The zero-order valence-electron chi connectivity index (χ0n) is 10.1. The Morgan fingerprint density at radius 1 is 0.941 bits per heavy atom. The molecule has 0 aliphatic carbocycles. The number of unbranched alkanes of at least 4 members (excludes halogenated alkanes) is 1. The maximum Gasteiger partial charge on any atom is 0.131 e. The molecule has 0 saturated heterocycles. The van der Waals surface area contributed by atoms with Gasteiger partial charge in [0.2, 0.25) is 0 Å². The fourth-order valence-electron chi connectivity index (χ4n) is 1.93. The normalized spacial score (nSPS) is 10.5. The summed E-state index contributed by atoms with van der Waals surface area (Å²) in [6.45, 7) is 2.19. The lowest BCUT2D eigenvalue weighted by Gasteiger charge is -2.05. The summed E-state index contributed by atoms with van der Waals surface area (Å²) in [5, 5.41) is 0. The second-order valence-electron chi connectivity index (χ2n) is 4.28. The fourth-order valence-corrected chi connectivity index (χ4v) is 1.93. The van der Waals surface area contributed by atoms with E-state index in [2.05, 4.69) is 19.1 Å². The van der Waals surface area contributed by atoms with Gasteiger partial charge in [0.25, 0.3) is 0 Å². The third kappa shape index (κ3) is 2.94. The van der Waals surface area contributed by atoms with Crippen LogP contribution < -0.4 is 0 Å². The highest BCUT2D eigenvalue weighted by Crippen LogP contribution is 2.23. The molecule has 0 fully saturated rings. The van der Waals surface area contributed by atoms with Gasteiger partial charge in [-0.15, -0.1) is 0 Å². The summed E-state index contributed by atoms with van der Waals surface area (Å²) >= 11 is 0. The quantitative estimate of drug-likeness (QED) is 0.702. The van der Waals surface area contributed by atoms with Crippen molar-refractivity contribution in [3.05, 3.63) is 59.9 Å². The summed E-state index contributed by atoms with van der Waals surface area (Å²) in [7, 11) is 0. The lowest BCUT2D eigenvalue weighted by molar-refractivity contribution is 0.631. The van der Waals surface area contributed by atoms with Crippen LogP contribution in [0.15, 0.2) is 48.5 Å². The van der Waals surface area contributed by atoms with Crippen molar-refractivity contribution in [1.29, 1.82) is 0 Å². The van der Waals surface area contributed by atoms with Gasteiger partial charge in [0, 0.05) is 5.56 Å². The van der Waals surface area contributed by atoms with Gasteiger partial charge in [-0.3, -0.25) is 0 Å². The van der Waals surface area contributed by atoms with E-state index < -0.39 is 0 Å². The Balaban J connectivity index is 2.21. The van der Waals surface area contributed by atoms with Crippen LogP contribution in [0.1, 0.15) is 25.3 Å². The minimum Gasteiger partial charge on any atom is -0.206 e. The molecule has 0 saturated carbocycles. The molecule has 0 aromatic heterocycles. The van der Waals surface area contributed by atoms with E-state index in [0.717, 1.165) is 12.0 Å². The Hall–Kier alpha value is -1.63. The highest BCUT2D eigenvalue weighted by atomic mass is 19.1. The molecule has 0 nitrogen and oxygen atoms in total. The zero-order chi connectivity index (χ0) is 12.1. The SMILES string of the molecule is CCCCc1ccc(-c2ccccc2F)cc1. The Labute approximate surface area is 102 Å². The summed E-state index contributed by atoms with van der Waals surface area (Å²) in [5.74, 6) is -0.159. The molecule has 88 valence electrons. The van der Waals surface area contributed by atoms with Crippen LogP contribution in [-0.2, 0) is 6.42 Å². The van der Waals surface area contributed by atoms with Crippen molar-refractivity contribution in [3.63, 3.8) is 0 Å². The van der Waals surface area contributed by atoms with Crippen LogP contribution in [0.4, 0.5) is 4.39 Å². The van der Waals surface area contributed by atoms with E-state index >= 15 is 0 Å². The molecule has 0 N–H and O–H groups in total. The van der Waals surface area contributed by atoms with Crippen molar-refractivity contribution in [2.45, 2.75) is 26.2 Å². The summed E-state index contributed by atoms with van der Waals surface area (Å²) in [4.78, 5) is 0.